The highest BCUT2D eigenvalue weighted by molar-refractivity contribution is 5.64. The van der Waals surface area contributed by atoms with Gasteiger partial charge in [0.15, 0.2) is 0 Å². The minimum atomic E-state index is 0.543. The molecular formula is C15H20N4. The number of nitrogens with two attached hydrogens (primary N) is 1. The van der Waals surface area contributed by atoms with Crippen molar-refractivity contribution in [1.29, 1.82) is 0 Å². The summed E-state index contributed by atoms with van der Waals surface area (Å²) in [7, 11) is 0. The quantitative estimate of drug-likeness (QED) is 0.881. The molecule has 0 fully saturated rings. The topological polar surface area (TPSA) is 63.8 Å². The van der Waals surface area contributed by atoms with Crippen molar-refractivity contribution in [1.82, 2.24) is 9.97 Å². The van der Waals surface area contributed by atoms with E-state index in [1.54, 1.807) is 0 Å². The Hall–Kier alpha value is -2.10. The molecule has 0 bridgehead atoms. The van der Waals surface area contributed by atoms with E-state index in [0.29, 0.717) is 5.82 Å². The Bertz CT molecular complexity index is 578. The van der Waals surface area contributed by atoms with Gasteiger partial charge >= 0.3 is 0 Å². The molecule has 2 rings (SSSR count). The van der Waals surface area contributed by atoms with Crippen molar-refractivity contribution in [3.63, 3.8) is 0 Å². The van der Waals surface area contributed by atoms with E-state index in [0.717, 1.165) is 35.7 Å². The van der Waals surface area contributed by atoms with Crippen molar-refractivity contribution in [3.05, 3.63) is 41.2 Å². The zero-order chi connectivity index (χ0) is 13.8. The van der Waals surface area contributed by atoms with Crippen molar-refractivity contribution in [2.75, 3.05) is 11.1 Å². The molecule has 1 aromatic heterocycles. The Labute approximate surface area is 114 Å². The van der Waals surface area contributed by atoms with Crippen LogP contribution < -0.4 is 11.1 Å². The Morgan fingerprint density at radius 2 is 1.95 bits per heavy atom. The second-order valence-electron chi connectivity index (χ2n) is 4.53. The minimum absolute atomic E-state index is 0.543. The number of aromatic nitrogens is 2. The molecule has 0 radical (unpaired) electrons. The van der Waals surface area contributed by atoms with Crippen LogP contribution in [0.4, 0.5) is 17.3 Å². The first kappa shape index (κ1) is 13.3. The molecule has 0 atom stereocenters. The van der Waals surface area contributed by atoms with Gasteiger partial charge in [-0.25, -0.2) is 9.97 Å². The number of anilines is 3. The van der Waals surface area contributed by atoms with Crippen LogP contribution in [0.5, 0.6) is 0 Å². The number of rotatable bonds is 4. The van der Waals surface area contributed by atoms with Gasteiger partial charge in [0.2, 0.25) is 0 Å². The largest absolute Gasteiger partial charge is 0.383 e. The van der Waals surface area contributed by atoms with Gasteiger partial charge in [-0.15, -0.1) is 0 Å². The molecule has 4 nitrogen and oxygen atoms in total. The Morgan fingerprint density at radius 1 is 1.16 bits per heavy atom. The third kappa shape index (κ3) is 3.02. The summed E-state index contributed by atoms with van der Waals surface area (Å²) < 4.78 is 0. The van der Waals surface area contributed by atoms with Crippen LogP contribution in [0.2, 0.25) is 0 Å². The van der Waals surface area contributed by atoms with Crippen LogP contribution in [0.25, 0.3) is 0 Å². The van der Waals surface area contributed by atoms with E-state index < -0.39 is 0 Å². The molecule has 0 aliphatic rings. The lowest BCUT2D eigenvalue weighted by atomic mass is 10.1. The molecule has 4 heteroatoms. The first-order valence-electron chi connectivity index (χ1n) is 6.63. The average Bonchev–Trinajstić information content (AvgIpc) is 2.43. The standard InChI is InChI=1S/C15H20N4/c1-4-11-7-6-8-12(9-11)17-15-10(3)14(16)18-13(5-2)19-15/h6-9H,4-5H2,1-3H3,(H3,16,17,18,19). The first-order chi connectivity index (χ1) is 9.13. The zero-order valence-corrected chi connectivity index (χ0v) is 11.7. The van der Waals surface area contributed by atoms with Crippen LogP contribution in [0.1, 0.15) is 30.8 Å². The second-order valence-corrected chi connectivity index (χ2v) is 4.53. The van der Waals surface area contributed by atoms with Gasteiger partial charge in [-0.2, -0.15) is 0 Å². The van der Waals surface area contributed by atoms with Crippen molar-refractivity contribution < 1.29 is 0 Å². The smallest absolute Gasteiger partial charge is 0.139 e. The van der Waals surface area contributed by atoms with Crippen LogP contribution >= 0.6 is 0 Å². The van der Waals surface area contributed by atoms with Crippen LogP contribution in [-0.4, -0.2) is 9.97 Å². The van der Waals surface area contributed by atoms with Gasteiger partial charge < -0.3 is 11.1 Å². The van der Waals surface area contributed by atoms with Crippen LogP contribution in [0.15, 0.2) is 24.3 Å². The van der Waals surface area contributed by atoms with E-state index >= 15 is 0 Å². The van der Waals surface area contributed by atoms with Crippen molar-refractivity contribution in [2.24, 2.45) is 0 Å². The fraction of sp³-hybridized carbons (Fsp3) is 0.333. The summed E-state index contributed by atoms with van der Waals surface area (Å²) >= 11 is 0. The van der Waals surface area contributed by atoms with Crippen LogP contribution in [0, 0.1) is 6.92 Å². The maximum Gasteiger partial charge on any atom is 0.139 e. The number of nitrogens with one attached hydrogen (secondary N) is 1. The Balaban J connectivity index is 2.34. The molecule has 100 valence electrons. The molecule has 0 saturated heterocycles. The monoisotopic (exact) mass is 256 g/mol. The number of nitrogen functional groups attached to an aromatic ring is 1. The number of nitrogens with zero attached hydrogens (tertiary/aromatic N) is 2. The predicted molar refractivity (Wildman–Crippen MR) is 79.7 cm³/mol. The number of hydrogen-bond donors (Lipinski definition) is 2. The molecule has 1 aromatic carbocycles. The predicted octanol–water partition coefficient (Wildman–Crippen LogP) is 3.24. The maximum absolute atomic E-state index is 5.92. The summed E-state index contributed by atoms with van der Waals surface area (Å²) in [6.07, 6.45) is 1.79. The van der Waals surface area contributed by atoms with Crippen LogP contribution in [-0.2, 0) is 12.8 Å². The van der Waals surface area contributed by atoms with Gasteiger partial charge in [-0.1, -0.05) is 26.0 Å². The second kappa shape index (κ2) is 5.69. The lowest BCUT2D eigenvalue weighted by Gasteiger charge is -2.12. The molecule has 19 heavy (non-hydrogen) atoms. The highest BCUT2D eigenvalue weighted by Gasteiger charge is 2.08. The molecule has 0 aliphatic heterocycles. The van der Waals surface area contributed by atoms with Crippen molar-refractivity contribution in [3.8, 4) is 0 Å². The number of aryl methyl sites for hydroxylation is 2. The van der Waals surface area contributed by atoms with Gasteiger partial charge in [0.05, 0.1) is 0 Å². The molecule has 3 N–H and O–H groups in total. The summed E-state index contributed by atoms with van der Waals surface area (Å²) in [4.78, 5) is 8.75. The molecule has 0 amide bonds. The molecular weight excluding hydrogens is 236 g/mol. The van der Waals surface area contributed by atoms with E-state index in [2.05, 4.69) is 34.3 Å². The number of hydrogen-bond acceptors (Lipinski definition) is 4. The molecule has 0 unspecified atom stereocenters. The zero-order valence-electron chi connectivity index (χ0n) is 11.7. The van der Waals surface area contributed by atoms with Crippen molar-refractivity contribution in [2.45, 2.75) is 33.6 Å². The Morgan fingerprint density at radius 3 is 2.63 bits per heavy atom. The fourth-order valence-electron chi connectivity index (χ4n) is 1.87. The van der Waals surface area contributed by atoms with E-state index in [4.69, 9.17) is 5.73 Å². The van der Waals surface area contributed by atoms with Gasteiger partial charge in [0.1, 0.15) is 17.5 Å². The van der Waals surface area contributed by atoms with Gasteiger partial charge in [-0.05, 0) is 31.0 Å². The summed E-state index contributed by atoms with van der Waals surface area (Å²) in [6.45, 7) is 6.09. The van der Waals surface area contributed by atoms with Gasteiger partial charge in [0, 0.05) is 17.7 Å². The molecule has 0 spiro atoms. The average molecular weight is 256 g/mol. The normalized spacial score (nSPS) is 10.5. The third-order valence-corrected chi connectivity index (χ3v) is 3.14. The molecule has 1 heterocycles. The third-order valence-electron chi connectivity index (χ3n) is 3.14. The molecule has 0 saturated carbocycles. The summed E-state index contributed by atoms with van der Waals surface area (Å²) in [5, 5.41) is 3.33. The Kier molecular flexibility index (Phi) is 4.00. The fourth-order valence-corrected chi connectivity index (χ4v) is 1.87. The minimum Gasteiger partial charge on any atom is -0.383 e. The maximum atomic E-state index is 5.92. The van der Waals surface area contributed by atoms with E-state index in [1.165, 1.54) is 5.56 Å². The van der Waals surface area contributed by atoms with E-state index in [9.17, 15) is 0 Å². The lowest BCUT2D eigenvalue weighted by molar-refractivity contribution is 0.940. The number of benzene rings is 1. The summed E-state index contributed by atoms with van der Waals surface area (Å²) in [5.74, 6) is 2.09. The van der Waals surface area contributed by atoms with Gasteiger partial charge in [-0.3, -0.25) is 0 Å². The molecule has 0 aliphatic carbocycles. The van der Waals surface area contributed by atoms with E-state index in [1.807, 2.05) is 26.0 Å². The van der Waals surface area contributed by atoms with E-state index in [-0.39, 0.29) is 0 Å². The molecule has 2 aromatic rings. The highest BCUT2D eigenvalue weighted by Crippen LogP contribution is 2.22. The SMILES string of the molecule is CCc1cccc(Nc2nc(CC)nc(N)c2C)c1. The van der Waals surface area contributed by atoms with Crippen molar-refractivity contribution >= 4 is 17.3 Å². The summed E-state index contributed by atoms with van der Waals surface area (Å²) in [5.41, 5.74) is 9.13. The summed E-state index contributed by atoms with van der Waals surface area (Å²) in [6, 6.07) is 8.32. The lowest BCUT2D eigenvalue weighted by Crippen LogP contribution is -2.06. The van der Waals surface area contributed by atoms with Gasteiger partial charge in [0.25, 0.3) is 0 Å². The van der Waals surface area contributed by atoms with Crippen LogP contribution in [0.3, 0.4) is 0 Å². The first-order valence-corrected chi connectivity index (χ1v) is 6.63. The highest BCUT2D eigenvalue weighted by atomic mass is 15.1.